The number of hydrogen-bond donors (Lipinski definition) is 6. The largest absolute Gasteiger partial charge is 0.394 e. The van der Waals surface area contributed by atoms with Crippen molar-refractivity contribution in [3.63, 3.8) is 0 Å². The second kappa shape index (κ2) is 8.31. The molecule has 0 radical (unpaired) electrons. The van der Waals surface area contributed by atoms with Gasteiger partial charge >= 0.3 is 0 Å². The number of aliphatic hydroxyl groups excluding tert-OH is 5. The highest BCUT2D eigenvalue weighted by atomic mass is 16.7. The van der Waals surface area contributed by atoms with E-state index in [2.05, 4.69) is 13.8 Å². The molecule has 0 aromatic rings. The van der Waals surface area contributed by atoms with Gasteiger partial charge in [0.2, 0.25) is 0 Å². The van der Waals surface area contributed by atoms with E-state index in [1.807, 2.05) is 6.92 Å². The predicted octanol–water partition coefficient (Wildman–Crippen LogP) is -0.234. The zero-order valence-electron chi connectivity index (χ0n) is 17.8. The van der Waals surface area contributed by atoms with Crippen molar-refractivity contribution in [1.29, 1.82) is 0 Å². The number of hydrogen-bond acceptors (Lipinski definition) is 8. The average Bonchev–Trinajstić information content (AvgIpc) is 2.65. The van der Waals surface area contributed by atoms with Crippen LogP contribution in [0.5, 0.6) is 0 Å². The third-order valence-electron chi connectivity index (χ3n) is 7.83. The lowest BCUT2D eigenvalue weighted by Gasteiger charge is -2.60. The Kier molecular flexibility index (Phi) is 6.69. The summed E-state index contributed by atoms with van der Waals surface area (Å²) >= 11 is 0. The van der Waals surface area contributed by atoms with E-state index >= 15 is 0 Å². The van der Waals surface area contributed by atoms with Crippen LogP contribution in [0.3, 0.4) is 0 Å². The molecule has 3 aliphatic rings. The molecule has 0 unspecified atom stereocenters. The van der Waals surface area contributed by atoms with Crippen LogP contribution >= 0.6 is 0 Å². The van der Waals surface area contributed by atoms with Gasteiger partial charge in [0.05, 0.1) is 24.4 Å². The van der Waals surface area contributed by atoms with Crippen LogP contribution in [0.15, 0.2) is 0 Å². The molecule has 170 valence electrons. The molecule has 8 nitrogen and oxygen atoms in total. The number of aliphatic hydroxyl groups is 6. The highest BCUT2D eigenvalue weighted by Crippen LogP contribution is 2.57. The van der Waals surface area contributed by atoms with Crippen molar-refractivity contribution < 1.29 is 40.1 Å². The summed E-state index contributed by atoms with van der Waals surface area (Å²) in [5.41, 5.74) is -1.62. The van der Waals surface area contributed by atoms with Crippen molar-refractivity contribution in [1.82, 2.24) is 0 Å². The monoisotopic (exact) mass is 418 g/mol. The van der Waals surface area contributed by atoms with Crippen LogP contribution < -0.4 is 0 Å². The van der Waals surface area contributed by atoms with Gasteiger partial charge in [0, 0.05) is 11.3 Å². The van der Waals surface area contributed by atoms with Crippen molar-refractivity contribution in [3.8, 4) is 0 Å². The molecule has 0 amide bonds. The van der Waals surface area contributed by atoms with Crippen LogP contribution in [0.4, 0.5) is 0 Å². The smallest absolute Gasteiger partial charge is 0.186 e. The molecule has 11 atom stereocenters. The Morgan fingerprint density at radius 1 is 1.00 bits per heavy atom. The SMILES string of the molecule is CC(C)[C@@H]1CC[C@]2(C)[C@@H]([C@@H]1O[C@H]1O[C@@H](CO)[C@H](O)[C@@H](O)[C@@H]1O)[C@@](C)(O)CC[C@@H]2O. The lowest BCUT2D eigenvalue weighted by Crippen LogP contribution is -2.66. The van der Waals surface area contributed by atoms with Gasteiger partial charge in [-0.1, -0.05) is 20.8 Å². The van der Waals surface area contributed by atoms with E-state index in [1.165, 1.54) is 0 Å². The highest BCUT2D eigenvalue weighted by molar-refractivity contribution is 5.09. The van der Waals surface area contributed by atoms with Gasteiger partial charge < -0.3 is 40.1 Å². The van der Waals surface area contributed by atoms with Crippen molar-refractivity contribution >= 4 is 0 Å². The van der Waals surface area contributed by atoms with Gasteiger partial charge in [-0.2, -0.15) is 0 Å². The van der Waals surface area contributed by atoms with Gasteiger partial charge in [-0.3, -0.25) is 0 Å². The number of fused-ring (bicyclic) bond motifs is 1. The third-order valence-corrected chi connectivity index (χ3v) is 7.83. The first-order chi connectivity index (χ1) is 13.4. The first-order valence-electron chi connectivity index (χ1n) is 10.8. The molecule has 0 bridgehead atoms. The topological polar surface area (TPSA) is 140 Å². The van der Waals surface area contributed by atoms with E-state index in [0.717, 1.165) is 12.8 Å². The standard InChI is InChI=1S/C21H38O8/c1-10(2)11-5-7-20(3)13(23)6-8-21(4,27)18(20)17(11)29-19-16(26)15(25)14(24)12(9-22)28-19/h10-19,22-27H,5-9H2,1-4H3/t11-,12-,13-,14-,15+,16-,17+,18+,19+,20-,21-/m0/s1. The van der Waals surface area contributed by atoms with Gasteiger partial charge in [0.25, 0.3) is 0 Å². The summed E-state index contributed by atoms with van der Waals surface area (Å²) in [4.78, 5) is 0. The molecule has 1 saturated heterocycles. The minimum Gasteiger partial charge on any atom is -0.394 e. The fourth-order valence-corrected chi connectivity index (χ4v) is 6.00. The molecule has 2 aliphatic carbocycles. The van der Waals surface area contributed by atoms with Crippen LogP contribution in [0.1, 0.15) is 53.4 Å². The molecule has 0 spiro atoms. The Bertz CT molecular complexity index is 567. The van der Waals surface area contributed by atoms with E-state index in [0.29, 0.717) is 12.8 Å². The Balaban J connectivity index is 1.94. The number of ether oxygens (including phenoxy) is 2. The average molecular weight is 419 g/mol. The maximum absolute atomic E-state index is 11.3. The third kappa shape index (κ3) is 3.99. The maximum atomic E-state index is 11.3. The summed E-state index contributed by atoms with van der Waals surface area (Å²) in [6, 6.07) is 0. The van der Waals surface area contributed by atoms with Crippen molar-refractivity contribution in [2.75, 3.05) is 6.61 Å². The predicted molar refractivity (Wildman–Crippen MR) is 104 cm³/mol. The van der Waals surface area contributed by atoms with E-state index < -0.39 is 66.5 Å². The second-order valence-electron chi connectivity index (χ2n) is 10.1. The van der Waals surface area contributed by atoms with Crippen molar-refractivity contribution in [2.45, 2.75) is 102 Å². The van der Waals surface area contributed by atoms with Gasteiger partial charge in [-0.05, 0) is 44.4 Å². The van der Waals surface area contributed by atoms with Gasteiger partial charge in [0.1, 0.15) is 24.4 Å². The molecule has 8 heteroatoms. The molecule has 0 aromatic heterocycles. The molecular formula is C21H38O8. The molecule has 3 rings (SSSR count). The first-order valence-corrected chi connectivity index (χ1v) is 10.8. The molecule has 1 aliphatic heterocycles. The molecule has 2 saturated carbocycles. The lowest BCUT2D eigenvalue weighted by atomic mass is 9.50. The van der Waals surface area contributed by atoms with Crippen LogP contribution in [-0.2, 0) is 9.47 Å². The summed E-state index contributed by atoms with van der Waals surface area (Å²) < 4.78 is 11.9. The summed E-state index contributed by atoms with van der Waals surface area (Å²) in [5.74, 6) is -0.117. The van der Waals surface area contributed by atoms with Crippen LogP contribution in [0, 0.1) is 23.2 Å². The Hall–Kier alpha value is -0.320. The van der Waals surface area contributed by atoms with Gasteiger partial charge in [-0.25, -0.2) is 0 Å². The Morgan fingerprint density at radius 2 is 1.66 bits per heavy atom. The first kappa shape index (κ1) is 23.3. The molecule has 3 fully saturated rings. The molecule has 0 aromatic carbocycles. The van der Waals surface area contributed by atoms with Crippen molar-refractivity contribution in [2.24, 2.45) is 23.2 Å². The minimum atomic E-state index is -1.52. The molecular weight excluding hydrogens is 380 g/mol. The van der Waals surface area contributed by atoms with E-state index in [9.17, 15) is 30.6 Å². The molecule has 6 N–H and O–H groups in total. The lowest BCUT2D eigenvalue weighted by molar-refractivity contribution is -0.338. The van der Waals surface area contributed by atoms with Crippen molar-refractivity contribution in [3.05, 3.63) is 0 Å². The minimum absolute atomic E-state index is 0.0530. The van der Waals surface area contributed by atoms with Crippen LogP contribution in [0.2, 0.25) is 0 Å². The van der Waals surface area contributed by atoms with Crippen LogP contribution in [-0.4, -0.2) is 85.8 Å². The van der Waals surface area contributed by atoms with E-state index in [4.69, 9.17) is 9.47 Å². The summed E-state index contributed by atoms with van der Waals surface area (Å²) in [6.07, 6.45) is -5.37. The van der Waals surface area contributed by atoms with Crippen LogP contribution in [0.25, 0.3) is 0 Å². The Labute approximate surface area is 172 Å². The van der Waals surface area contributed by atoms with E-state index in [-0.39, 0.29) is 11.8 Å². The molecule has 1 heterocycles. The zero-order valence-corrected chi connectivity index (χ0v) is 17.8. The van der Waals surface area contributed by atoms with Gasteiger partial charge in [-0.15, -0.1) is 0 Å². The fraction of sp³-hybridized carbons (Fsp3) is 1.00. The number of rotatable bonds is 4. The highest BCUT2D eigenvalue weighted by Gasteiger charge is 2.61. The summed E-state index contributed by atoms with van der Waals surface area (Å²) in [7, 11) is 0. The summed E-state index contributed by atoms with van der Waals surface area (Å²) in [6.45, 7) is 7.38. The second-order valence-corrected chi connectivity index (χ2v) is 10.1. The Morgan fingerprint density at radius 3 is 2.24 bits per heavy atom. The fourth-order valence-electron chi connectivity index (χ4n) is 6.00. The maximum Gasteiger partial charge on any atom is 0.186 e. The molecule has 29 heavy (non-hydrogen) atoms. The zero-order chi connectivity index (χ0) is 21.7. The quantitative estimate of drug-likeness (QED) is 0.368. The van der Waals surface area contributed by atoms with Gasteiger partial charge in [0.15, 0.2) is 6.29 Å². The van der Waals surface area contributed by atoms with E-state index in [1.54, 1.807) is 6.92 Å². The normalized spacial score (nSPS) is 53.7. The summed E-state index contributed by atoms with van der Waals surface area (Å²) in [5, 5.41) is 62.2.